The average Bonchev–Trinajstić information content (AvgIpc) is 2.66. The van der Waals surface area contributed by atoms with Crippen LogP contribution < -0.4 is 4.90 Å². The first-order chi connectivity index (χ1) is 12.6. The maximum absolute atomic E-state index is 13.2. The van der Waals surface area contributed by atoms with Crippen molar-refractivity contribution >= 4 is 39.8 Å². The van der Waals surface area contributed by atoms with Crippen molar-refractivity contribution in [1.29, 1.82) is 0 Å². The highest BCUT2D eigenvalue weighted by Crippen LogP contribution is 2.36. The highest BCUT2D eigenvalue weighted by Gasteiger charge is 2.32. The Labute approximate surface area is 156 Å². The lowest BCUT2D eigenvalue weighted by Gasteiger charge is -2.25. The van der Waals surface area contributed by atoms with Crippen molar-refractivity contribution in [2.45, 2.75) is 13.8 Å². The Morgan fingerprint density at radius 1 is 0.923 bits per heavy atom. The van der Waals surface area contributed by atoms with Gasteiger partial charge in [0.1, 0.15) is 5.15 Å². The van der Waals surface area contributed by atoms with E-state index in [1.165, 1.54) is 0 Å². The molecule has 0 N–H and O–H groups in total. The Balaban J connectivity index is 2.07. The molecule has 3 aromatic rings. The largest absolute Gasteiger partial charge is 0.371 e. The summed E-state index contributed by atoms with van der Waals surface area (Å²) in [6, 6.07) is 12.3. The molecule has 0 fully saturated rings. The van der Waals surface area contributed by atoms with Crippen LogP contribution >= 0.6 is 11.6 Å². The van der Waals surface area contributed by atoms with Gasteiger partial charge in [-0.15, -0.1) is 0 Å². The molecule has 5 heteroatoms. The van der Waals surface area contributed by atoms with Crippen molar-refractivity contribution in [3.05, 3.63) is 69.9 Å². The molecular weight excluding hydrogens is 348 g/mol. The summed E-state index contributed by atoms with van der Waals surface area (Å²) >= 11 is 6.27. The molecule has 4 nitrogen and oxygen atoms in total. The van der Waals surface area contributed by atoms with E-state index in [0.29, 0.717) is 32.9 Å². The Bertz CT molecular complexity index is 1070. The molecule has 1 aliphatic rings. The molecule has 0 atom stereocenters. The van der Waals surface area contributed by atoms with Crippen molar-refractivity contribution in [1.82, 2.24) is 4.98 Å². The van der Waals surface area contributed by atoms with E-state index in [0.717, 1.165) is 24.2 Å². The van der Waals surface area contributed by atoms with Crippen LogP contribution in [0.15, 0.2) is 42.5 Å². The van der Waals surface area contributed by atoms with Gasteiger partial charge in [-0.2, -0.15) is 0 Å². The highest BCUT2D eigenvalue weighted by atomic mass is 35.5. The summed E-state index contributed by atoms with van der Waals surface area (Å²) in [4.78, 5) is 32.6. The van der Waals surface area contributed by atoms with Crippen LogP contribution in [0.5, 0.6) is 0 Å². The van der Waals surface area contributed by atoms with Crippen molar-refractivity contribution in [2.75, 3.05) is 18.0 Å². The molecule has 1 aliphatic carbocycles. The molecule has 130 valence electrons. The fourth-order valence-electron chi connectivity index (χ4n) is 3.65. The van der Waals surface area contributed by atoms with E-state index in [1.54, 1.807) is 30.3 Å². The zero-order valence-corrected chi connectivity index (χ0v) is 15.3. The van der Waals surface area contributed by atoms with Gasteiger partial charge in [0.15, 0.2) is 11.6 Å². The third-order valence-electron chi connectivity index (χ3n) is 4.92. The van der Waals surface area contributed by atoms with Crippen molar-refractivity contribution in [2.24, 2.45) is 0 Å². The number of hydrogen-bond acceptors (Lipinski definition) is 4. The fourth-order valence-corrected chi connectivity index (χ4v) is 3.84. The van der Waals surface area contributed by atoms with Gasteiger partial charge in [-0.3, -0.25) is 9.59 Å². The van der Waals surface area contributed by atoms with Crippen LogP contribution in [0.4, 0.5) is 5.69 Å². The Morgan fingerprint density at radius 3 is 2.23 bits per heavy atom. The number of ketones is 2. The minimum absolute atomic E-state index is 0.150. The molecule has 4 rings (SSSR count). The number of carbonyl (C=O) groups is 2. The second-order valence-corrected chi connectivity index (χ2v) is 6.61. The Morgan fingerprint density at radius 2 is 1.58 bits per heavy atom. The van der Waals surface area contributed by atoms with Crippen molar-refractivity contribution in [3.8, 4) is 0 Å². The summed E-state index contributed by atoms with van der Waals surface area (Å²) < 4.78 is 0. The standard InChI is InChI=1S/C21H17ClN2O2/c1-3-24(4-2)16-11-17(22)23-19-14(16)9-10-15-18(19)21(26)13-8-6-5-7-12(13)20(15)25/h5-11H,3-4H2,1-2H3. The van der Waals surface area contributed by atoms with Crippen LogP contribution in [0.3, 0.4) is 0 Å². The van der Waals surface area contributed by atoms with Crippen LogP contribution in [0.25, 0.3) is 10.9 Å². The maximum atomic E-state index is 13.2. The second-order valence-electron chi connectivity index (χ2n) is 6.22. The molecule has 0 radical (unpaired) electrons. The normalized spacial score (nSPS) is 12.9. The van der Waals surface area contributed by atoms with E-state index >= 15 is 0 Å². The van der Waals surface area contributed by atoms with Crippen LogP contribution in [0.2, 0.25) is 5.15 Å². The lowest BCUT2D eigenvalue weighted by atomic mass is 9.83. The lowest BCUT2D eigenvalue weighted by Crippen LogP contribution is -2.24. The molecule has 0 bridgehead atoms. The number of pyridine rings is 1. The maximum Gasteiger partial charge on any atom is 0.196 e. The fraction of sp³-hybridized carbons (Fsp3) is 0.190. The van der Waals surface area contributed by atoms with Gasteiger partial charge in [-0.25, -0.2) is 4.98 Å². The predicted octanol–water partition coefficient (Wildman–Crippen LogP) is 4.51. The summed E-state index contributed by atoms with van der Waals surface area (Å²) in [5.41, 5.74) is 3.01. The quantitative estimate of drug-likeness (QED) is 0.502. The summed E-state index contributed by atoms with van der Waals surface area (Å²) in [6.07, 6.45) is 0. The van der Waals surface area contributed by atoms with Gasteiger partial charge in [-0.1, -0.05) is 35.9 Å². The molecule has 26 heavy (non-hydrogen) atoms. The number of hydrogen-bond donors (Lipinski definition) is 0. The van der Waals surface area contributed by atoms with Gasteiger partial charge in [-0.05, 0) is 32.0 Å². The minimum Gasteiger partial charge on any atom is -0.371 e. The van der Waals surface area contributed by atoms with E-state index in [9.17, 15) is 9.59 Å². The van der Waals surface area contributed by atoms with Gasteiger partial charge in [0.2, 0.25) is 0 Å². The summed E-state index contributed by atoms with van der Waals surface area (Å²) in [7, 11) is 0. The minimum atomic E-state index is -0.180. The van der Waals surface area contributed by atoms with Crippen LogP contribution in [-0.2, 0) is 0 Å². The summed E-state index contributed by atoms with van der Waals surface area (Å²) in [6.45, 7) is 5.73. The van der Waals surface area contributed by atoms with Gasteiger partial charge in [0.25, 0.3) is 0 Å². The van der Waals surface area contributed by atoms with Crippen LogP contribution in [-0.4, -0.2) is 29.6 Å². The summed E-state index contributed by atoms with van der Waals surface area (Å²) in [5, 5.41) is 1.14. The Kier molecular flexibility index (Phi) is 4.00. The zero-order valence-electron chi connectivity index (χ0n) is 14.5. The lowest BCUT2D eigenvalue weighted by molar-refractivity contribution is 0.0980. The average molecular weight is 365 g/mol. The first-order valence-corrected chi connectivity index (χ1v) is 9.01. The highest BCUT2D eigenvalue weighted by molar-refractivity contribution is 6.33. The van der Waals surface area contributed by atoms with E-state index in [-0.39, 0.29) is 11.6 Å². The molecule has 0 unspecified atom stereocenters. The third kappa shape index (κ3) is 2.33. The van der Waals surface area contributed by atoms with Crippen molar-refractivity contribution in [3.63, 3.8) is 0 Å². The Hall–Kier alpha value is -2.72. The summed E-state index contributed by atoms with van der Waals surface area (Å²) in [5.74, 6) is -0.329. The topological polar surface area (TPSA) is 50.3 Å². The molecule has 1 aromatic heterocycles. The number of rotatable bonds is 3. The number of halogens is 1. The molecule has 0 saturated heterocycles. The predicted molar refractivity (Wildman–Crippen MR) is 104 cm³/mol. The smallest absolute Gasteiger partial charge is 0.196 e. The second kappa shape index (κ2) is 6.22. The molecule has 0 aliphatic heterocycles. The molecular formula is C21H17ClN2O2. The SMILES string of the molecule is CCN(CC)c1cc(Cl)nc2c3c(ccc12)C(=O)c1ccccc1C3=O. The number of fused-ring (bicyclic) bond motifs is 4. The monoisotopic (exact) mass is 364 g/mol. The zero-order chi connectivity index (χ0) is 18.4. The third-order valence-corrected chi connectivity index (χ3v) is 5.11. The van der Waals surface area contributed by atoms with E-state index in [4.69, 9.17) is 11.6 Å². The number of benzene rings is 2. The molecule has 0 amide bonds. The van der Waals surface area contributed by atoms with Crippen molar-refractivity contribution < 1.29 is 9.59 Å². The molecule has 0 spiro atoms. The van der Waals surface area contributed by atoms with Gasteiger partial charge >= 0.3 is 0 Å². The number of aromatic nitrogens is 1. The first-order valence-electron chi connectivity index (χ1n) is 8.63. The molecule has 1 heterocycles. The van der Waals surface area contributed by atoms with E-state index in [1.807, 2.05) is 12.1 Å². The molecule has 2 aromatic carbocycles. The number of nitrogens with zero attached hydrogens (tertiary/aromatic N) is 2. The molecule has 0 saturated carbocycles. The van der Waals surface area contributed by atoms with Gasteiger partial charge in [0, 0.05) is 40.9 Å². The van der Waals surface area contributed by atoms with Crippen LogP contribution in [0, 0.1) is 0 Å². The van der Waals surface area contributed by atoms with Crippen LogP contribution in [0.1, 0.15) is 45.7 Å². The number of anilines is 1. The van der Waals surface area contributed by atoms with E-state index in [2.05, 4.69) is 23.7 Å². The van der Waals surface area contributed by atoms with Gasteiger partial charge in [0.05, 0.1) is 11.1 Å². The van der Waals surface area contributed by atoms with Gasteiger partial charge < -0.3 is 4.90 Å². The van der Waals surface area contributed by atoms with E-state index < -0.39 is 0 Å². The first kappa shape index (κ1) is 16.7. The number of carbonyl (C=O) groups excluding carboxylic acids is 2.